The summed E-state index contributed by atoms with van der Waals surface area (Å²) in [6.07, 6.45) is 1.20. The van der Waals surface area contributed by atoms with Gasteiger partial charge in [0.2, 0.25) is 0 Å². The van der Waals surface area contributed by atoms with E-state index in [4.69, 9.17) is 4.74 Å². The van der Waals surface area contributed by atoms with Crippen molar-refractivity contribution >= 4 is 0 Å². The minimum absolute atomic E-state index is 0.638. The van der Waals surface area contributed by atoms with Crippen LogP contribution in [0.1, 0.15) is 27.2 Å². The van der Waals surface area contributed by atoms with Crippen LogP contribution in [-0.4, -0.2) is 50.8 Å². The van der Waals surface area contributed by atoms with Crippen LogP contribution in [-0.2, 0) is 4.74 Å². The lowest BCUT2D eigenvalue weighted by Crippen LogP contribution is -2.40. The monoisotopic (exact) mass is 226 g/mol. The Balaban J connectivity index is 2.48. The minimum Gasteiger partial charge on any atom is -0.383 e. The minimum atomic E-state index is 0.638. The summed E-state index contributed by atoms with van der Waals surface area (Å²) in [7, 11) is 1.77. The van der Waals surface area contributed by atoms with Crippen molar-refractivity contribution in [3.05, 3.63) is 11.1 Å². The number of methoxy groups -OCH3 is 1. The highest BCUT2D eigenvalue weighted by molar-refractivity contribution is 5.22. The molecule has 3 nitrogen and oxygen atoms in total. The SMILES string of the molecule is CCC(C)N(CCOC)CC(C)=C1CNC1. The van der Waals surface area contributed by atoms with E-state index in [0.717, 1.165) is 32.8 Å². The molecule has 0 aromatic rings. The highest BCUT2D eigenvalue weighted by atomic mass is 16.5. The van der Waals surface area contributed by atoms with Gasteiger partial charge in [0.15, 0.2) is 0 Å². The summed E-state index contributed by atoms with van der Waals surface area (Å²) < 4.78 is 5.18. The van der Waals surface area contributed by atoms with Crippen molar-refractivity contribution in [3.8, 4) is 0 Å². The molecular weight excluding hydrogens is 200 g/mol. The van der Waals surface area contributed by atoms with Gasteiger partial charge in [0.1, 0.15) is 0 Å². The summed E-state index contributed by atoms with van der Waals surface area (Å²) >= 11 is 0. The first-order chi connectivity index (χ1) is 7.69. The molecule has 0 spiro atoms. The van der Waals surface area contributed by atoms with E-state index in [2.05, 4.69) is 31.0 Å². The zero-order valence-corrected chi connectivity index (χ0v) is 11.2. The predicted octanol–water partition coefficient (Wildman–Crippen LogP) is 1.65. The second-order valence-corrected chi connectivity index (χ2v) is 4.71. The average molecular weight is 226 g/mol. The third kappa shape index (κ3) is 3.89. The molecular formula is C13H26N2O. The van der Waals surface area contributed by atoms with Crippen molar-refractivity contribution in [1.29, 1.82) is 0 Å². The number of nitrogens with one attached hydrogen (secondary N) is 1. The van der Waals surface area contributed by atoms with Crippen molar-refractivity contribution < 1.29 is 4.74 Å². The first kappa shape index (κ1) is 13.7. The normalized spacial score (nSPS) is 17.4. The largest absolute Gasteiger partial charge is 0.383 e. The fraction of sp³-hybridized carbons (Fsp3) is 0.846. The molecule has 1 heterocycles. The van der Waals surface area contributed by atoms with Gasteiger partial charge in [0.05, 0.1) is 6.61 Å². The molecule has 1 aliphatic rings. The molecule has 94 valence electrons. The second kappa shape index (κ2) is 7.05. The Kier molecular flexibility index (Phi) is 6.03. The first-order valence-electron chi connectivity index (χ1n) is 6.30. The average Bonchev–Trinajstić information content (AvgIpc) is 2.20. The number of nitrogens with zero attached hydrogens (tertiary/aromatic N) is 1. The van der Waals surface area contributed by atoms with Gasteiger partial charge in [-0.3, -0.25) is 4.90 Å². The Hall–Kier alpha value is -0.380. The molecule has 1 atom stereocenters. The molecule has 1 saturated heterocycles. The van der Waals surface area contributed by atoms with Gasteiger partial charge in [0.25, 0.3) is 0 Å². The van der Waals surface area contributed by atoms with E-state index < -0.39 is 0 Å². The van der Waals surface area contributed by atoms with Gasteiger partial charge >= 0.3 is 0 Å². The molecule has 0 aliphatic carbocycles. The van der Waals surface area contributed by atoms with E-state index in [9.17, 15) is 0 Å². The van der Waals surface area contributed by atoms with Crippen LogP contribution in [0.5, 0.6) is 0 Å². The second-order valence-electron chi connectivity index (χ2n) is 4.71. The molecule has 1 rings (SSSR count). The summed E-state index contributed by atoms with van der Waals surface area (Å²) in [5, 5.41) is 3.30. The van der Waals surface area contributed by atoms with E-state index in [1.165, 1.54) is 12.0 Å². The van der Waals surface area contributed by atoms with Crippen LogP contribution in [0.15, 0.2) is 11.1 Å². The van der Waals surface area contributed by atoms with Gasteiger partial charge in [-0.15, -0.1) is 0 Å². The van der Waals surface area contributed by atoms with E-state index in [1.54, 1.807) is 12.7 Å². The number of rotatable bonds is 7. The molecule has 1 aliphatic heterocycles. The summed E-state index contributed by atoms with van der Waals surface area (Å²) in [6, 6.07) is 0.638. The Bertz CT molecular complexity index is 232. The maximum Gasteiger partial charge on any atom is 0.0589 e. The molecule has 3 heteroatoms. The van der Waals surface area contributed by atoms with Crippen LogP contribution in [0.4, 0.5) is 0 Å². The molecule has 0 saturated carbocycles. The summed E-state index contributed by atoms with van der Waals surface area (Å²) in [5.74, 6) is 0. The Labute approximate surface area is 99.8 Å². The highest BCUT2D eigenvalue weighted by Gasteiger charge is 2.16. The van der Waals surface area contributed by atoms with E-state index in [1.807, 2.05) is 0 Å². The van der Waals surface area contributed by atoms with Crippen LogP contribution in [0.2, 0.25) is 0 Å². The number of hydrogen-bond acceptors (Lipinski definition) is 3. The first-order valence-corrected chi connectivity index (χ1v) is 6.30. The molecule has 1 N–H and O–H groups in total. The molecule has 1 unspecified atom stereocenters. The van der Waals surface area contributed by atoms with Crippen molar-refractivity contribution in [3.63, 3.8) is 0 Å². The number of hydrogen-bond donors (Lipinski definition) is 1. The van der Waals surface area contributed by atoms with Crippen molar-refractivity contribution in [2.75, 3.05) is 39.9 Å². The molecule has 0 aromatic carbocycles. The van der Waals surface area contributed by atoms with Crippen LogP contribution in [0, 0.1) is 0 Å². The Morgan fingerprint density at radius 1 is 1.50 bits per heavy atom. The standard InChI is InChI=1S/C13H26N2O/c1-5-12(3)15(6-7-16-4)10-11(2)13-8-14-9-13/h12,14H,5-10H2,1-4H3. The molecule has 0 radical (unpaired) electrons. The third-order valence-electron chi connectivity index (χ3n) is 3.52. The maximum atomic E-state index is 5.18. The van der Waals surface area contributed by atoms with Gasteiger partial charge < -0.3 is 10.1 Å². The van der Waals surface area contributed by atoms with Crippen LogP contribution in [0.3, 0.4) is 0 Å². The van der Waals surface area contributed by atoms with E-state index >= 15 is 0 Å². The van der Waals surface area contributed by atoms with Crippen molar-refractivity contribution in [2.24, 2.45) is 0 Å². The molecule has 0 bridgehead atoms. The third-order valence-corrected chi connectivity index (χ3v) is 3.52. The zero-order chi connectivity index (χ0) is 12.0. The summed E-state index contributed by atoms with van der Waals surface area (Å²) in [6.45, 7) is 11.9. The van der Waals surface area contributed by atoms with E-state index in [-0.39, 0.29) is 0 Å². The summed E-state index contributed by atoms with van der Waals surface area (Å²) in [5.41, 5.74) is 3.13. The zero-order valence-electron chi connectivity index (χ0n) is 11.2. The van der Waals surface area contributed by atoms with Gasteiger partial charge in [-0.25, -0.2) is 0 Å². The molecule has 0 aromatic heterocycles. The quantitative estimate of drug-likeness (QED) is 0.668. The van der Waals surface area contributed by atoms with Gasteiger partial charge in [0, 0.05) is 39.3 Å². The van der Waals surface area contributed by atoms with Crippen molar-refractivity contribution in [1.82, 2.24) is 10.2 Å². The predicted molar refractivity (Wildman–Crippen MR) is 68.8 cm³/mol. The van der Waals surface area contributed by atoms with E-state index in [0.29, 0.717) is 6.04 Å². The molecule has 0 amide bonds. The lowest BCUT2D eigenvalue weighted by Gasteiger charge is -2.31. The fourth-order valence-corrected chi connectivity index (χ4v) is 1.89. The molecule has 1 fully saturated rings. The number of ether oxygens (including phenoxy) is 1. The van der Waals surface area contributed by atoms with Crippen LogP contribution in [0.25, 0.3) is 0 Å². The lowest BCUT2D eigenvalue weighted by molar-refractivity contribution is 0.129. The molecule has 16 heavy (non-hydrogen) atoms. The van der Waals surface area contributed by atoms with Gasteiger partial charge in [-0.1, -0.05) is 12.5 Å². The van der Waals surface area contributed by atoms with Crippen LogP contribution < -0.4 is 5.32 Å². The van der Waals surface area contributed by atoms with Gasteiger partial charge in [-0.05, 0) is 25.8 Å². The fourth-order valence-electron chi connectivity index (χ4n) is 1.89. The Morgan fingerprint density at radius 2 is 2.19 bits per heavy atom. The Morgan fingerprint density at radius 3 is 2.62 bits per heavy atom. The lowest BCUT2D eigenvalue weighted by atomic mass is 10.0. The maximum absolute atomic E-state index is 5.18. The smallest absolute Gasteiger partial charge is 0.0589 e. The van der Waals surface area contributed by atoms with Crippen LogP contribution >= 0.6 is 0 Å². The highest BCUT2D eigenvalue weighted by Crippen LogP contribution is 2.13. The van der Waals surface area contributed by atoms with Gasteiger partial charge in [-0.2, -0.15) is 0 Å². The topological polar surface area (TPSA) is 24.5 Å². The van der Waals surface area contributed by atoms with Crippen molar-refractivity contribution in [2.45, 2.75) is 33.2 Å². The summed E-state index contributed by atoms with van der Waals surface area (Å²) in [4.78, 5) is 2.52.